The highest BCUT2D eigenvalue weighted by Crippen LogP contribution is 2.22. The van der Waals surface area contributed by atoms with Gasteiger partial charge in [-0.2, -0.15) is 0 Å². The first-order valence-electron chi connectivity index (χ1n) is 5.16. The van der Waals surface area contributed by atoms with Crippen molar-refractivity contribution in [2.75, 3.05) is 5.88 Å². The Morgan fingerprint density at radius 1 is 0.941 bits per heavy atom. The van der Waals surface area contributed by atoms with Crippen molar-refractivity contribution >= 4 is 33.3 Å². The minimum atomic E-state index is -0.0472. The van der Waals surface area contributed by atoms with Crippen LogP contribution in [0.3, 0.4) is 0 Å². The lowest BCUT2D eigenvalue weighted by Gasteiger charge is -2.03. The predicted octanol–water partition coefficient (Wildman–Crippen LogP) is 4.54. The molecule has 0 N–H and O–H groups in total. The monoisotopic (exact) mass is 308 g/mol. The molecule has 0 heterocycles. The summed E-state index contributed by atoms with van der Waals surface area (Å²) in [4.78, 5) is 11.4. The lowest BCUT2D eigenvalue weighted by molar-refractivity contribution is 0.102. The number of hydrogen-bond acceptors (Lipinski definition) is 1. The molecule has 0 unspecified atom stereocenters. The van der Waals surface area contributed by atoms with E-state index in [9.17, 15) is 4.79 Å². The highest BCUT2D eigenvalue weighted by molar-refractivity contribution is 9.10. The van der Waals surface area contributed by atoms with Gasteiger partial charge in [0.2, 0.25) is 0 Å². The van der Waals surface area contributed by atoms with E-state index in [0.717, 1.165) is 15.6 Å². The first kappa shape index (κ1) is 12.3. The van der Waals surface area contributed by atoms with Gasteiger partial charge in [0, 0.05) is 10.0 Å². The van der Waals surface area contributed by atoms with Crippen LogP contribution in [0.4, 0.5) is 0 Å². The summed E-state index contributed by atoms with van der Waals surface area (Å²) >= 11 is 8.90. The van der Waals surface area contributed by atoms with Crippen molar-refractivity contribution in [1.82, 2.24) is 0 Å². The Kier molecular flexibility index (Phi) is 3.97. The lowest BCUT2D eigenvalue weighted by Crippen LogP contribution is -1.99. The summed E-state index contributed by atoms with van der Waals surface area (Å²) in [7, 11) is 0. The average Bonchev–Trinajstić information content (AvgIpc) is 2.39. The minimum absolute atomic E-state index is 0.0254. The summed E-state index contributed by atoms with van der Waals surface area (Å²) in [5, 5.41) is 0. The molecule has 2 aromatic carbocycles. The second-order valence-electron chi connectivity index (χ2n) is 3.64. The van der Waals surface area contributed by atoms with E-state index in [-0.39, 0.29) is 11.7 Å². The highest BCUT2D eigenvalue weighted by Gasteiger charge is 2.04. The number of benzene rings is 2. The smallest absolute Gasteiger partial charge is 0.177 e. The van der Waals surface area contributed by atoms with E-state index in [1.165, 1.54) is 0 Å². The molecule has 2 rings (SSSR count). The molecule has 0 aliphatic rings. The van der Waals surface area contributed by atoms with Crippen LogP contribution in [0.5, 0.6) is 0 Å². The molecule has 17 heavy (non-hydrogen) atoms. The second-order valence-corrected chi connectivity index (χ2v) is 4.82. The van der Waals surface area contributed by atoms with Crippen LogP contribution in [0, 0.1) is 0 Å². The number of carbonyl (C=O) groups is 1. The fraction of sp³-hybridized carbons (Fsp3) is 0.0714. The summed E-state index contributed by atoms with van der Waals surface area (Å²) in [5.41, 5.74) is 2.86. The summed E-state index contributed by atoms with van der Waals surface area (Å²) in [6.07, 6.45) is 0. The molecule has 0 spiro atoms. The maximum atomic E-state index is 11.4. The zero-order valence-corrected chi connectivity index (χ0v) is 11.3. The number of Topliss-reactive ketones (excluding diaryl/α,β-unsaturated/α-hetero) is 1. The summed E-state index contributed by atoms with van der Waals surface area (Å²) in [6.45, 7) is 0. The van der Waals surface area contributed by atoms with Gasteiger partial charge >= 0.3 is 0 Å². The zero-order valence-electron chi connectivity index (χ0n) is 8.99. The van der Waals surface area contributed by atoms with Crippen molar-refractivity contribution in [3.05, 3.63) is 58.6 Å². The molecule has 0 atom stereocenters. The second kappa shape index (κ2) is 5.48. The van der Waals surface area contributed by atoms with Gasteiger partial charge < -0.3 is 0 Å². The molecule has 0 fully saturated rings. The van der Waals surface area contributed by atoms with Gasteiger partial charge in [0.25, 0.3) is 0 Å². The maximum absolute atomic E-state index is 11.4. The van der Waals surface area contributed by atoms with Crippen LogP contribution < -0.4 is 0 Å². The van der Waals surface area contributed by atoms with Gasteiger partial charge in [-0.05, 0) is 23.3 Å². The van der Waals surface area contributed by atoms with E-state index in [1.54, 1.807) is 0 Å². The number of halogens is 2. The van der Waals surface area contributed by atoms with Crippen LogP contribution >= 0.6 is 27.5 Å². The molecular weight excluding hydrogens is 300 g/mol. The number of alkyl halides is 1. The Labute approximate surface area is 114 Å². The van der Waals surface area contributed by atoms with E-state index < -0.39 is 0 Å². The van der Waals surface area contributed by atoms with E-state index in [1.807, 2.05) is 48.5 Å². The van der Waals surface area contributed by atoms with Crippen molar-refractivity contribution in [2.45, 2.75) is 0 Å². The molecule has 0 saturated carbocycles. The summed E-state index contributed by atoms with van der Waals surface area (Å²) in [6, 6.07) is 15.5. The topological polar surface area (TPSA) is 17.1 Å². The molecule has 0 radical (unpaired) electrons. The van der Waals surface area contributed by atoms with E-state index in [0.29, 0.717) is 5.56 Å². The van der Waals surface area contributed by atoms with Gasteiger partial charge in [0.15, 0.2) is 5.78 Å². The van der Waals surface area contributed by atoms with Gasteiger partial charge in [-0.3, -0.25) is 4.79 Å². The van der Waals surface area contributed by atoms with Gasteiger partial charge in [0.05, 0.1) is 5.88 Å². The zero-order chi connectivity index (χ0) is 12.3. The Hall–Kier alpha value is -1.12. The number of hydrogen-bond donors (Lipinski definition) is 0. The van der Waals surface area contributed by atoms with Crippen molar-refractivity contribution < 1.29 is 4.79 Å². The Balaban J connectivity index is 2.29. The molecule has 86 valence electrons. The molecule has 0 amide bonds. The summed E-state index contributed by atoms with van der Waals surface area (Å²) < 4.78 is 1.05. The van der Waals surface area contributed by atoms with Crippen LogP contribution in [0.1, 0.15) is 10.4 Å². The minimum Gasteiger partial charge on any atom is -0.293 e. The van der Waals surface area contributed by atoms with Crippen LogP contribution in [-0.4, -0.2) is 11.7 Å². The van der Waals surface area contributed by atoms with Crippen LogP contribution in [0.25, 0.3) is 11.1 Å². The molecule has 0 bridgehead atoms. The Bertz CT molecular complexity index is 517. The quantitative estimate of drug-likeness (QED) is 0.601. The summed E-state index contributed by atoms with van der Waals surface area (Å²) in [5.74, 6) is -0.0218. The molecule has 0 aliphatic carbocycles. The molecule has 3 heteroatoms. The van der Waals surface area contributed by atoms with Crippen molar-refractivity contribution in [3.8, 4) is 11.1 Å². The molecule has 0 aliphatic heterocycles. The lowest BCUT2D eigenvalue weighted by atomic mass is 10.0. The molecule has 0 aromatic heterocycles. The normalized spacial score (nSPS) is 10.2. The number of rotatable bonds is 3. The molecular formula is C14H10BrClO. The fourth-order valence-corrected chi connectivity index (χ4v) is 1.99. The van der Waals surface area contributed by atoms with E-state index >= 15 is 0 Å². The van der Waals surface area contributed by atoms with Gasteiger partial charge in [-0.25, -0.2) is 0 Å². The van der Waals surface area contributed by atoms with Crippen LogP contribution in [0.2, 0.25) is 0 Å². The SMILES string of the molecule is O=C(CCl)c1ccc(-c2ccc(Br)cc2)cc1. The maximum Gasteiger partial charge on any atom is 0.177 e. The third kappa shape index (κ3) is 2.96. The fourth-order valence-electron chi connectivity index (χ4n) is 1.57. The van der Waals surface area contributed by atoms with E-state index in [4.69, 9.17) is 11.6 Å². The van der Waals surface area contributed by atoms with E-state index in [2.05, 4.69) is 15.9 Å². The third-order valence-electron chi connectivity index (χ3n) is 2.51. The highest BCUT2D eigenvalue weighted by atomic mass is 79.9. The first-order chi connectivity index (χ1) is 8.20. The molecule has 2 aromatic rings. The van der Waals surface area contributed by atoms with Gasteiger partial charge in [-0.15, -0.1) is 11.6 Å². The van der Waals surface area contributed by atoms with Crippen molar-refractivity contribution in [1.29, 1.82) is 0 Å². The molecule has 1 nitrogen and oxygen atoms in total. The number of ketones is 1. The Morgan fingerprint density at radius 3 is 1.88 bits per heavy atom. The molecule has 0 saturated heterocycles. The van der Waals surface area contributed by atoms with Crippen molar-refractivity contribution in [2.24, 2.45) is 0 Å². The first-order valence-corrected chi connectivity index (χ1v) is 6.48. The third-order valence-corrected chi connectivity index (χ3v) is 3.28. The van der Waals surface area contributed by atoms with Crippen LogP contribution in [0.15, 0.2) is 53.0 Å². The predicted molar refractivity (Wildman–Crippen MR) is 74.6 cm³/mol. The Morgan fingerprint density at radius 2 is 1.41 bits per heavy atom. The standard InChI is InChI=1S/C14H10BrClO/c15-13-7-5-11(6-8-13)10-1-3-12(4-2-10)14(17)9-16/h1-8H,9H2. The van der Waals surface area contributed by atoms with Crippen LogP contribution in [-0.2, 0) is 0 Å². The largest absolute Gasteiger partial charge is 0.293 e. The number of carbonyl (C=O) groups excluding carboxylic acids is 1. The van der Waals surface area contributed by atoms with Gasteiger partial charge in [0.1, 0.15) is 0 Å². The van der Waals surface area contributed by atoms with Crippen molar-refractivity contribution in [3.63, 3.8) is 0 Å². The van der Waals surface area contributed by atoms with Gasteiger partial charge in [-0.1, -0.05) is 52.3 Å². The average molecular weight is 310 g/mol.